The van der Waals surface area contributed by atoms with Gasteiger partial charge in [-0.05, 0) is 35.2 Å². The monoisotopic (exact) mass is 366 g/mol. The Labute approximate surface area is 154 Å². The number of aliphatic imine (C=N–C) groups is 1. The molecule has 4 N–H and O–H groups in total. The van der Waals surface area contributed by atoms with Crippen LogP contribution >= 0.6 is 24.8 Å². The van der Waals surface area contributed by atoms with Gasteiger partial charge in [-0.15, -0.1) is 12.6 Å². The molecule has 1 aromatic rings. The number of thiol groups is 1. The molecule has 1 unspecified atom stereocenters. The molecular formula is C17H26N4OS2. The Hall–Kier alpha value is -1.47. The third-order valence-electron chi connectivity index (χ3n) is 3.78. The molecule has 132 valence electrons. The Morgan fingerprint density at radius 2 is 1.62 bits per heavy atom. The van der Waals surface area contributed by atoms with Crippen molar-refractivity contribution in [1.29, 1.82) is 0 Å². The molecule has 0 radical (unpaired) electrons. The van der Waals surface area contributed by atoms with E-state index in [1.165, 1.54) is 6.34 Å². The van der Waals surface area contributed by atoms with Gasteiger partial charge in [0.1, 0.15) is 5.75 Å². The van der Waals surface area contributed by atoms with E-state index in [1.54, 1.807) is 0 Å². The number of nitrogens with zero attached hydrogens (tertiary/aromatic N) is 1. The van der Waals surface area contributed by atoms with Crippen molar-refractivity contribution in [2.45, 2.75) is 57.5 Å². The van der Waals surface area contributed by atoms with E-state index >= 15 is 0 Å². The highest BCUT2D eigenvalue weighted by atomic mass is 32.1. The van der Waals surface area contributed by atoms with Crippen LogP contribution in [0, 0.1) is 0 Å². The van der Waals surface area contributed by atoms with Crippen molar-refractivity contribution in [3.8, 4) is 5.75 Å². The molecule has 0 bridgehead atoms. The molecule has 5 nitrogen and oxygen atoms in total. The van der Waals surface area contributed by atoms with Gasteiger partial charge in [-0.1, -0.05) is 41.5 Å². The number of rotatable bonds is 2. The number of benzene rings is 1. The summed E-state index contributed by atoms with van der Waals surface area (Å²) in [6.07, 6.45) is 1.51. The number of nitrogens with one attached hydrogen (secondary N) is 3. The summed E-state index contributed by atoms with van der Waals surface area (Å²) in [4.78, 5) is 4.27. The lowest BCUT2D eigenvalue weighted by Crippen LogP contribution is -2.55. The highest BCUT2D eigenvalue weighted by Crippen LogP contribution is 2.41. The fraction of sp³-hybridized carbons (Fsp3) is 0.529. The van der Waals surface area contributed by atoms with Gasteiger partial charge in [-0.2, -0.15) is 0 Å². The van der Waals surface area contributed by atoms with Gasteiger partial charge < -0.3 is 21.1 Å². The number of phenolic OH excluding ortho intramolecular Hbond substituents is 1. The van der Waals surface area contributed by atoms with Gasteiger partial charge in [-0.25, -0.2) is 4.99 Å². The van der Waals surface area contributed by atoms with Gasteiger partial charge in [0.05, 0.1) is 6.34 Å². The van der Waals surface area contributed by atoms with Crippen LogP contribution in [0.2, 0.25) is 0 Å². The molecule has 0 aromatic heterocycles. The summed E-state index contributed by atoms with van der Waals surface area (Å²) in [5.74, 6) is 0.339. The zero-order valence-corrected chi connectivity index (χ0v) is 16.7. The van der Waals surface area contributed by atoms with Crippen LogP contribution in [0.15, 0.2) is 17.1 Å². The summed E-state index contributed by atoms with van der Waals surface area (Å²) in [5.41, 5.74) is 2.15. The smallest absolute Gasteiger partial charge is 0.256 e. The third-order valence-corrected chi connectivity index (χ3v) is 4.34. The molecule has 1 aliphatic rings. The summed E-state index contributed by atoms with van der Waals surface area (Å²) >= 11 is 9.67. The molecule has 0 aliphatic carbocycles. The number of hydrogen-bond acceptors (Lipinski definition) is 5. The van der Waals surface area contributed by atoms with E-state index in [9.17, 15) is 5.11 Å². The van der Waals surface area contributed by atoms with Crippen LogP contribution in [0.3, 0.4) is 0 Å². The third kappa shape index (κ3) is 4.13. The summed E-state index contributed by atoms with van der Waals surface area (Å²) in [5, 5.41) is 19.2. The van der Waals surface area contributed by atoms with E-state index in [1.807, 2.05) is 12.1 Å². The number of aromatic hydroxyl groups is 1. The lowest BCUT2D eigenvalue weighted by molar-refractivity contribution is 0.423. The quantitative estimate of drug-likeness (QED) is 0.240. The average molecular weight is 367 g/mol. The van der Waals surface area contributed by atoms with Crippen molar-refractivity contribution in [3.05, 3.63) is 23.3 Å². The second kappa shape index (κ2) is 6.11. The molecule has 2 rings (SSSR count). The van der Waals surface area contributed by atoms with Crippen molar-refractivity contribution in [3.63, 3.8) is 0 Å². The molecule has 0 saturated carbocycles. The van der Waals surface area contributed by atoms with Gasteiger partial charge in [0.2, 0.25) is 0 Å². The predicted octanol–water partition coefficient (Wildman–Crippen LogP) is 3.45. The molecule has 0 saturated heterocycles. The second-order valence-corrected chi connectivity index (χ2v) is 9.13. The van der Waals surface area contributed by atoms with Crippen LogP contribution in [0.1, 0.15) is 52.7 Å². The first-order valence-corrected chi connectivity index (χ1v) is 8.68. The first-order valence-electron chi connectivity index (χ1n) is 7.83. The lowest BCUT2D eigenvalue weighted by atomic mass is 9.79. The van der Waals surface area contributed by atoms with Crippen molar-refractivity contribution in [1.82, 2.24) is 10.6 Å². The molecule has 1 aromatic carbocycles. The van der Waals surface area contributed by atoms with E-state index in [0.29, 0.717) is 10.9 Å². The van der Waals surface area contributed by atoms with E-state index in [-0.39, 0.29) is 10.8 Å². The molecule has 1 aliphatic heterocycles. The maximum atomic E-state index is 10.8. The minimum Gasteiger partial charge on any atom is -0.507 e. The molecule has 0 spiro atoms. The fourth-order valence-electron chi connectivity index (χ4n) is 2.53. The molecular weight excluding hydrogens is 340 g/mol. The minimum absolute atomic E-state index is 0.203. The van der Waals surface area contributed by atoms with Crippen LogP contribution in [0.4, 0.5) is 5.69 Å². The molecule has 1 atom stereocenters. The Morgan fingerprint density at radius 1 is 1.12 bits per heavy atom. The van der Waals surface area contributed by atoms with Gasteiger partial charge in [-0.3, -0.25) is 0 Å². The first-order chi connectivity index (χ1) is 10.8. The van der Waals surface area contributed by atoms with Gasteiger partial charge in [0, 0.05) is 16.8 Å². The largest absolute Gasteiger partial charge is 0.507 e. The topological polar surface area (TPSA) is 68.7 Å². The van der Waals surface area contributed by atoms with E-state index < -0.39 is 5.12 Å². The standard InChI is InChI=1S/C17H26N4OS2/c1-15(2,3)11-7-10(8-12(13(11)22)16(4,5)6)20-17(24)19-9-18-14(23)21-17/h7-9,20,22,24H,1-6H3,(H2,18,19,21,23). The average Bonchev–Trinajstić information content (AvgIpc) is 2.37. The maximum absolute atomic E-state index is 10.8. The zero-order chi connectivity index (χ0) is 18.3. The van der Waals surface area contributed by atoms with Crippen molar-refractivity contribution < 1.29 is 5.11 Å². The van der Waals surface area contributed by atoms with Crippen LogP contribution in [-0.4, -0.2) is 21.7 Å². The van der Waals surface area contributed by atoms with E-state index in [0.717, 1.165) is 16.8 Å². The molecule has 24 heavy (non-hydrogen) atoms. The second-order valence-electron chi connectivity index (χ2n) is 8.07. The normalized spacial score (nSPS) is 21.2. The summed E-state index contributed by atoms with van der Waals surface area (Å²) in [7, 11) is 0. The predicted molar refractivity (Wildman–Crippen MR) is 108 cm³/mol. The highest BCUT2D eigenvalue weighted by Gasteiger charge is 2.31. The lowest BCUT2D eigenvalue weighted by Gasteiger charge is -2.33. The summed E-state index contributed by atoms with van der Waals surface area (Å²) in [6, 6.07) is 3.87. The molecule has 1 heterocycles. The number of anilines is 1. The van der Waals surface area contributed by atoms with E-state index in [2.05, 4.69) is 75.1 Å². The Balaban J connectivity index is 2.53. The first kappa shape index (κ1) is 18.9. The Morgan fingerprint density at radius 3 is 2.04 bits per heavy atom. The number of thiocarbonyl (C=S) groups is 1. The summed E-state index contributed by atoms with van der Waals surface area (Å²) < 4.78 is 0. The zero-order valence-electron chi connectivity index (χ0n) is 15.0. The minimum atomic E-state index is -1.04. The summed E-state index contributed by atoms with van der Waals surface area (Å²) in [6.45, 7) is 12.4. The van der Waals surface area contributed by atoms with Crippen molar-refractivity contribution in [2.24, 2.45) is 4.99 Å². The van der Waals surface area contributed by atoms with Gasteiger partial charge in [0.15, 0.2) is 5.11 Å². The Kier molecular flexibility index (Phi) is 4.80. The maximum Gasteiger partial charge on any atom is 0.256 e. The highest BCUT2D eigenvalue weighted by molar-refractivity contribution is 7.82. The van der Waals surface area contributed by atoms with Gasteiger partial charge in [0.25, 0.3) is 5.12 Å². The number of phenols is 1. The molecule has 0 amide bonds. The number of hydrogen-bond donors (Lipinski definition) is 5. The van der Waals surface area contributed by atoms with Crippen LogP contribution in [0.25, 0.3) is 0 Å². The van der Waals surface area contributed by atoms with Crippen LogP contribution in [0.5, 0.6) is 5.75 Å². The van der Waals surface area contributed by atoms with Gasteiger partial charge >= 0.3 is 0 Å². The molecule has 7 heteroatoms. The SMILES string of the molecule is CC(C)(C)c1cc(NC2(S)N=CNC(=S)N2)cc(C(C)(C)C)c1O. The molecule has 0 fully saturated rings. The van der Waals surface area contributed by atoms with Crippen molar-refractivity contribution in [2.75, 3.05) is 5.32 Å². The van der Waals surface area contributed by atoms with Crippen molar-refractivity contribution >= 4 is 42.0 Å². The van der Waals surface area contributed by atoms with E-state index in [4.69, 9.17) is 12.2 Å². The Bertz CT molecular complexity index is 654. The fourth-order valence-corrected chi connectivity index (χ4v) is 3.10. The van der Waals surface area contributed by atoms with Crippen LogP contribution < -0.4 is 16.0 Å². The van der Waals surface area contributed by atoms with Crippen LogP contribution in [-0.2, 0) is 10.8 Å².